The summed E-state index contributed by atoms with van der Waals surface area (Å²) >= 11 is 0. The third-order valence-corrected chi connectivity index (χ3v) is 7.44. The predicted octanol–water partition coefficient (Wildman–Crippen LogP) is 2.85. The maximum absolute atomic E-state index is 12.8. The largest absolute Gasteiger partial charge is 0.339 e. The van der Waals surface area contributed by atoms with Crippen LogP contribution in [0.15, 0.2) is 52.0 Å². The zero-order valence-corrected chi connectivity index (χ0v) is 17.9. The fourth-order valence-electron chi connectivity index (χ4n) is 3.79. The van der Waals surface area contributed by atoms with Crippen molar-refractivity contribution in [1.29, 1.82) is 0 Å². The Balaban J connectivity index is 1.32. The van der Waals surface area contributed by atoms with Gasteiger partial charge in [-0.25, -0.2) is 8.42 Å². The van der Waals surface area contributed by atoms with Crippen LogP contribution in [-0.4, -0.2) is 50.6 Å². The molecule has 0 saturated carbocycles. The smallest absolute Gasteiger partial charge is 0.243 e. The Morgan fingerprint density at radius 2 is 1.77 bits per heavy atom. The van der Waals surface area contributed by atoms with E-state index in [-0.39, 0.29) is 0 Å². The molecule has 0 aliphatic carbocycles. The molecule has 0 radical (unpaired) electrons. The van der Waals surface area contributed by atoms with Crippen LogP contribution in [0, 0.1) is 6.92 Å². The molecule has 3 aromatic heterocycles. The van der Waals surface area contributed by atoms with Gasteiger partial charge >= 0.3 is 0 Å². The lowest BCUT2D eigenvalue weighted by molar-refractivity contribution is 0.346. The molecule has 1 saturated heterocycles. The van der Waals surface area contributed by atoms with Gasteiger partial charge in [0.25, 0.3) is 0 Å². The number of hydrogen-bond donors (Lipinski definition) is 0. The number of rotatable bonds is 5. The van der Waals surface area contributed by atoms with Crippen LogP contribution in [0.3, 0.4) is 0 Å². The highest BCUT2D eigenvalue weighted by molar-refractivity contribution is 7.89. The number of aryl methyl sites for hydroxylation is 1. The van der Waals surface area contributed by atoms with Crippen molar-refractivity contribution in [3.05, 3.63) is 59.9 Å². The molecule has 1 aliphatic rings. The van der Waals surface area contributed by atoms with Crippen LogP contribution < -0.4 is 0 Å². The van der Waals surface area contributed by atoms with Gasteiger partial charge in [0, 0.05) is 24.8 Å². The van der Waals surface area contributed by atoms with Crippen LogP contribution in [0.2, 0.25) is 0 Å². The Bertz CT molecular complexity index is 1320. The SMILES string of the molecule is Cc1nnc2ccc(-c3noc(Cc4ccc(S(=O)(=O)N5CCCCC5)cc4)n3)cn12. The van der Waals surface area contributed by atoms with Gasteiger partial charge < -0.3 is 4.52 Å². The molecule has 1 aliphatic heterocycles. The van der Waals surface area contributed by atoms with Gasteiger partial charge in [0.05, 0.1) is 11.3 Å². The lowest BCUT2D eigenvalue weighted by Gasteiger charge is -2.25. The van der Waals surface area contributed by atoms with Crippen LogP contribution in [-0.2, 0) is 16.4 Å². The number of nitrogens with zero attached hydrogens (tertiary/aromatic N) is 6. The van der Waals surface area contributed by atoms with Gasteiger partial charge in [-0.1, -0.05) is 23.7 Å². The van der Waals surface area contributed by atoms with Crippen molar-refractivity contribution in [3.63, 3.8) is 0 Å². The first kappa shape index (κ1) is 19.8. The summed E-state index contributed by atoms with van der Waals surface area (Å²) in [5.74, 6) is 1.72. The topological polar surface area (TPSA) is 106 Å². The van der Waals surface area contributed by atoms with E-state index in [0.717, 1.165) is 41.9 Å². The summed E-state index contributed by atoms with van der Waals surface area (Å²) in [6.07, 6.45) is 5.22. The molecule has 160 valence electrons. The fraction of sp³-hybridized carbons (Fsp3) is 0.333. The third kappa shape index (κ3) is 3.84. The first-order chi connectivity index (χ1) is 15.0. The Labute approximate surface area is 179 Å². The van der Waals surface area contributed by atoms with E-state index in [1.165, 1.54) is 0 Å². The standard InChI is InChI=1S/C21H22N6O3S/c1-15-23-24-19-10-7-17(14-27(15)19)21-22-20(30-25-21)13-16-5-8-18(9-6-16)31(28,29)26-11-3-2-4-12-26/h5-10,14H,2-4,11-13H2,1H3. The molecular formula is C21H22N6O3S. The first-order valence-corrected chi connectivity index (χ1v) is 11.7. The van der Waals surface area contributed by atoms with Crippen LogP contribution in [0.1, 0.15) is 36.5 Å². The Hall–Kier alpha value is -3.11. The molecule has 10 heteroatoms. The number of piperidine rings is 1. The molecule has 0 spiro atoms. The van der Waals surface area contributed by atoms with E-state index in [0.29, 0.717) is 36.1 Å². The van der Waals surface area contributed by atoms with Gasteiger partial charge in [-0.2, -0.15) is 9.29 Å². The minimum atomic E-state index is -3.43. The molecule has 0 atom stereocenters. The first-order valence-electron chi connectivity index (χ1n) is 10.2. The molecule has 9 nitrogen and oxygen atoms in total. The normalized spacial score (nSPS) is 15.5. The van der Waals surface area contributed by atoms with E-state index in [1.807, 2.05) is 29.7 Å². The molecule has 31 heavy (non-hydrogen) atoms. The van der Waals surface area contributed by atoms with Gasteiger partial charge in [0.1, 0.15) is 5.82 Å². The summed E-state index contributed by atoms with van der Waals surface area (Å²) in [5.41, 5.74) is 2.45. The van der Waals surface area contributed by atoms with Crippen molar-refractivity contribution in [2.45, 2.75) is 37.5 Å². The molecule has 0 unspecified atom stereocenters. The van der Waals surface area contributed by atoms with Crippen molar-refractivity contribution in [2.24, 2.45) is 0 Å². The van der Waals surface area contributed by atoms with Gasteiger partial charge in [0.2, 0.25) is 21.7 Å². The summed E-state index contributed by atoms with van der Waals surface area (Å²) < 4.78 is 34.4. The fourth-order valence-corrected chi connectivity index (χ4v) is 5.31. The molecule has 4 aromatic rings. The minimum absolute atomic E-state index is 0.321. The molecule has 0 N–H and O–H groups in total. The van der Waals surface area contributed by atoms with E-state index in [9.17, 15) is 8.42 Å². The monoisotopic (exact) mass is 438 g/mol. The molecule has 5 rings (SSSR count). The van der Waals surface area contributed by atoms with Gasteiger partial charge in [0.15, 0.2) is 5.65 Å². The quantitative estimate of drug-likeness (QED) is 0.472. The molecule has 0 amide bonds. The van der Waals surface area contributed by atoms with E-state index in [2.05, 4.69) is 20.3 Å². The molecule has 0 bridgehead atoms. The average molecular weight is 439 g/mol. The zero-order valence-electron chi connectivity index (χ0n) is 17.1. The van der Waals surface area contributed by atoms with Gasteiger partial charge in [-0.05, 0) is 49.6 Å². The number of fused-ring (bicyclic) bond motifs is 1. The minimum Gasteiger partial charge on any atom is -0.339 e. The molecule has 1 aromatic carbocycles. The number of benzene rings is 1. The average Bonchev–Trinajstić information content (AvgIpc) is 3.41. The predicted molar refractivity (Wildman–Crippen MR) is 113 cm³/mol. The number of pyridine rings is 1. The summed E-state index contributed by atoms with van der Waals surface area (Å²) in [5, 5.41) is 12.2. The number of aromatic nitrogens is 5. The highest BCUT2D eigenvalue weighted by Gasteiger charge is 2.25. The van der Waals surface area contributed by atoms with Crippen LogP contribution >= 0.6 is 0 Å². The van der Waals surface area contributed by atoms with E-state index < -0.39 is 10.0 Å². The number of hydrogen-bond acceptors (Lipinski definition) is 7. The van der Waals surface area contributed by atoms with Gasteiger partial charge in [-0.15, -0.1) is 10.2 Å². The van der Waals surface area contributed by atoms with Crippen LogP contribution in [0.5, 0.6) is 0 Å². The second-order valence-electron chi connectivity index (χ2n) is 7.69. The lowest BCUT2D eigenvalue weighted by Crippen LogP contribution is -2.35. The van der Waals surface area contributed by atoms with Crippen LogP contribution in [0.4, 0.5) is 0 Å². The Morgan fingerprint density at radius 3 is 2.55 bits per heavy atom. The molecular weight excluding hydrogens is 416 g/mol. The van der Waals surface area contributed by atoms with E-state index in [4.69, 9.17) is 4.52 Å². The van der Waals surface area contributed by atoms with E-state index in [1.54, 1.807) is 28.6 Å². The van der Waals surface area contributed by atoms with Crippen molar-refractivity contribution in [1.82, 2.24) is 29.0 Å². The molecule has 4 heterocycles. The Kier molecular flexibility index (Phi) is 5.03. The van der Waals surface area contributed by atoms with Gasteiger partial charge in [-0.3, -0.25) is 4.40 Å². The van der Waals surface area contributed by atoms with Crippen molar-refractivity contribution in [3.8, 4) is 11.4 Å². The summed E-state index contributed by atoms with van der Waals surface area (Å²) in [6.45, 7) is 3.06. The zero-order chi connectivity index (χ0) is 21.4. The maximum Gasteiger partial charge on any atom is 0.243 e. The lowest BCUT2D eigenvalue weighted by atomic mass is 10.1. The van der Waals surface area contributed by atoms with Crippen molar-refractivity contribution >= 4 is 15.7 Å². The second-order valence-corrected chi connectivity index (χ2v) is 9.63. The van der Waals surface area contributed by atoms with Crippen molar-refractivity contribution < 1.29 is 12.9 Å². The molecule has 1 fully saturated rings. The van der Waals surface area contributed by atoms with E-state index >= 15 is 0 Å². The highest BCUT2D eigenvalue weighted by atomic mass is 32.2. The summed E-state index contributed by atoms with van der Waals surface area (Å²) in [6, 6.07) is 10.6. The van der Waals surface area contributed by atoms with Crippen molar-refractivity contribution in [2.75, 3.05) is 13.1 Å². The van der Waals surface area contributed by atoms with Crippen LogP contribution in [0.25, 0.3) is 17.0 Å². The summed E-state index contributed by atoms with van der Waals surface area (Å²) in [4.78, 5) is 4.80. The number of sulfonamides is 1. The Morgan fingerprint density at radius 1 is 1.00 bits per heavy atom. The second kappa shape index (κ2) is 7.86. The third-order valence-electron chi connectivity index (χ3n) is 5.53. The maximum atomic E-state index is 12.8. The summed E-state index contributed by atoms with van der Waals surface area (Å²) in [7, 11) is -3.43. The highest BCUT2D eigenvalue weighted by Crippen LogP contribution is 2.22.